The topological polar surface area (TPSA) is 70.6 Å². The van der Waals surface area contributed by atoms with E-state index in [2.05, 4.69) is 10.6 Å². The summed E-state index contributed by atoms with van der Waals surface area (Å²) in [7, 11) is 0. The molecule has 0 bridgehead atoms. The van der Waals surface area contributed by atoms with Crippen LogP contribution in [0.15, 0.2) is 42.5 Å². The molecular formula is C17H20N2O3S. The largest absolute Gasteiger partial charge is 0.465 e. The Bertz CT molecular complexity index is 690. The predicted octanol–water partition coefficient (Wildman–Crippen LogP) is 1.90. The van der Waals surface area contributed by atoms with E-state index in [4.69, 9.17) is 17.0 Å². The van der Waals surface area contributed by atoms with E-state index in [1.54, 1.807) is 6.92 Å². The van der Waals surface area contributed by atoms with Crippen LogP contribution in [0.25, 0.3) is 10.8 Å². The van der Waals surface area contributed by atoms with Crippen molar-refractivity contribution in [3.63, 3.8) is 0 Å². The number of thiocarbonyl (C=S) groups is 1. The highest BCUT2D eigenvalue weighted by molar-refractivity contribution is 7.80. The Hall–Kier alpha value is -2.18. The van der Waals surface area contributed by atoms with Crippen LogP contribution in [0, 0.1) is 0 Å². The van der Waals surface area contributed by atoms with Crippen molar-refractivity contribution in [2.75, 3.05) is 19.7 Å². The van der Waals surface area contributed by atoms with Gasteiger partial charge in [0.2, 0.25) is 0 Å². The molecule has 5 nitrogen and oxygen atoms in total. The monoisotopic (exact) mass is 332 g/mol. The van der Waals surface area contributed by atoms with Crippen molar-refractivity contribution in [2.45, 2.75) is 13.0 Å². The summed E-state index contributed by atoms with van der Waals surface area (Å²) in [4.78, 5) is 11.2. The fraction of sp³-hybridized carbons (Fsp3) is 0.294. The number of hydrogen-bond acceptors (Lipinski definition) is 4. The van der Waals surface area contributed by atoms with E-state index in [0.29, 0.717) is 11.7 Å². The number of carbonyl (C=O) groups is 1. The third-order valence-electron chi connectivity index (χ3n) is 3.31. The van der Waals surface area contributed by atoms with Gasteiger partial charge in [-0.2, -0.15) is 0 Å². The molecule has 0 aromatic heterocycles. The second-order valence-electron chi connectivity index (χ2n) is 4.99. The Morgan fingerprint density at radius 3 is 2.70 bits per heavy atom. The molecule has 3 N–H and O–H groups in total. The summed E-state index contributed by atoms with van der Waals surface area (Å²) in [6.45, 7) is 2.34. The number of benzene rings is 2. The van der Waals surface area contributed by atoms with Gasteiger partial charge in [-0.05, 0) is 41.5 Å². The van der Waals surface area contributed by atoms with Crippen LogP contribution in [0.4, 0.5) is 0 Å². The number of aliphatic hydroxyl groups is 1. The van der Waals surface area contributed by atoms with Crippen LogP contribution in [-0.4, -0.2) is 35.9 Å². The fourth-order valence-corrected chi connectivity index (χ4v) is 2.30. The first-order valence-corrected chi connectivity index (χ1v) is 7.85. The smallest absolute Gasteiger partial charge is 0.325 e. The zero-order valence-corrected chi connectivity index (χ0v) is 13.7. The number of hydrogen-bond donors (Lipinski definition) is 3. The van der Waals surface area contributed by atoms with E-state index in [1.807, 2.05) is 42.5 Å². The Labute approximate surface area is 140 Å². The molecule has 0 saturated carbocycles. The minimum absolute atomic E-state index is 0.00570. The second-order valence-corrected chi connectivity index (χ2v) is 5.40. The predicted molar refractivity (Wildman–Crippen MR) is 94.1 cm³/mol. The lowest BCUT2D eigenvalue weighted by molar-refractivity contribution is -0.141. The van der Waals surface area contributed by atoms with Crippen molar-refractivity contribution in [1.29, 1.82) is 0 Å². The van der Waals surface area contributed by atoms with Gasteiger partial charge in [0.1, 0.15) is 6.54 Å². The number of aliphatic hydroxyl groups excluding tert-OH is 1. The van der Waals surface area contributed by atoms with E-state index in [-0.39, 0.29) is 19.1 Å². The highest BCUT2D eigenvalue weighted by atomic mass is 32.1. The van der Waals surface area contributed by atoms with Crippen molar-refractivity contribution in [3.05, 3.63) is 48.0 Å². The van der Waals surface area contributed by atoms with E-state index < -0.39 is 6.10 Å². The minimum Gasteiger partial charge on any atom is -0.465 e. The van der Waals surface area contributed by atoms with Gasteiger partial charge < -0.3 is 20.5 Å². The maximum Gasteiger partial charge on any atom is 0.325 e. The molecule has 2 aromatic carbocycles. The Morgan fingerprint density at radius 2 is 1.96 bits per heavy atom. The van der Waals surface area contributed by atoms with Gasteiger partial charge in [0.15, 0.2) is 5.11 Å². The molecule has 122 valence electrons. The molecular weight excluding hydrogens is 312 g/mol. The van der Waals surface area contributed by atoms with E-state index in [9.17, 15) is 9.90 Å². The fourth-order valence-electron chi connectivity index (χ4n) is 2.15. The zero-order valence-electron chi connectivity index (χ0n) is 12.9. The Kier molecular flexibility index (Phi) is 6.31. The summed E-state index contributed by atoms with van der Waals surface area (Å²) < 4.78 is 4.79. The number of nitrogens with one attached hydrogen (secondary N) is 2. The third-order valence-corrected chi connectivity index (χ3v) is 3.60. The van der Waals surface area contributed by atoms with Crippen LogP contribution >= 0.6 is 12.2 Å². The standard InChI is InChI=1S/C17H20N2O3S/c1-2-22-16(21)11-19-17(23)18-10-15(20)14-8-7-12-5-3-4-6-13(12)9-14/h3-9,15,20H,2,10-11H2,1H3,(H2,18,19,23). The summed E-state index contributed by atoms with van der Waals surface area (Å²) in [5.41, 5.74) is 0.810. The van der Waals surface area contributed by atoms with Crippen LogP contribution < -0.4 is 10.6 Å². The van der Waals surface area contributed by atoms with Crippen molar-refractivity contribution < 1.29 is 14.6 Å². The van der Waals surface area contributed by atoms with Crippen LogP contribution in [0.5, 0.6) is 0 Å². The first-order chi connectivity index (χ1) is 11.1. The van der Waals surface area contributed by atoms with E-state index in [1.165, 1.54) is 0 Å². The molecule has 0 spiro atoms. The molecule has 0 radical (unpaired) electrons. The van der Waals surface area contributed by atoms with Gasteiger partial charge in [-0.15, -0.1) is 0 Å². The van der Waals surface area contributed by atoms with Gasteiger partial charge in [0.05, 0.1) is 12.7 Å². The summed E-state index contributed by atoms with van der Waals surface area (Å²) in [6.07, 6.45) is -0.693. The number of carbonyl (C=O) groups excluding carboxylic acids is 1. The molecule has 0 fully saturated rings. The van der Waals surface area contributed by atoms with Crippen molar-refractivity contribution in [2.24, 2.45) is 0 Å². The minimum atomic E-state index is -0.693. The van der Waals surface area contributed by atoms with Crippen molar-refractivity contribution in [3.8, 4) is 0 Å². The molecule has 0 amide bonds. The molecule has 0 saturated heterocycles. The van der Waals surface area contributed by atoms with Crippen molar-refractivity contribution in [1.82, 2.24) is 10.6 Å². The van der Waals surface area contributed by atoms with Crippen LogP contribution in [0.2, 0.25) is 0 Å². The molecule has 1 unspecified atom stereocenters. The van der Waals surface area contributed by atoms with Crippen molar-refractivity contribution >= 4 is 34.1 Å². The summed E-state index contributed by atoms with van der Waals surface area (Å²) >= 11 is 5.06. The molecule has 23 heavy (non-hydrogen) atoms. The van der Waals surface area contributed by atoms with E-state index in [0.717, 1.165) is 16.3 Å². The maximum atomic E-state index is 11.2. The van der Waals surface area contributed by atoms with E-state index >= 15 is 0 Å². The number of esters is 1. The lowest BCUT2D eigenvalue weighted by atomic mass is 10.0. The van der Waals surface area contributed by atoms with Crippen LogP contribution in [0.1, 0.15) is 18.6 Å². The summed E-state index contributed by atoms with van der Waals surface area (Å²) in [6, 6.07) is 13.8. The number of rotatable bonds is 6. The van der Waals surface area contributed by atoms with Gasteiger partial charge in [-0.3, -0.25) is 4.79 Å². The molecule has 0 aliphatic carbocycles. The highest BCUT2D eigenvalue weighted by Crippen LogP contribution is 2.19. The number of ether oxygens (including phenoxy) is 1. The lowest BCUT2D eigenvalue weighted by Gasteiger charge is -2.15. The molecule has 1 atom stereocenters. The third kappa shape index (κ3) is 5.19. The van der Waals surface area contributed by atoms with Crippen LogP contribution in [0.3, 0.4) is 0 Å². The van der Waals surface area contributed by atoms with Gasteiger partial charge in [-0.1, -0.05) is 36.4 Å². The first kappa shape index (κ1) is 17.2. The second kappa shape index (κ2) is 8.45. The average molecular weight is 332 g/mol. The molecule has 2 rings (SSSR count). The quantitative estimate of drug-likeness (QED) is 0.554. The summed E-state index contributed by atoms with van der Waals surface area (Å²) in [5, 5.41) is 18.4. The van der Waals surface area contributed by atoms with Gasteiger partial charge in [0.25, 0.3) is 0 Å². The van der Waals surface area contributed by atoms with Gasteiger partial charge in [0, 0.05) is 6.54 Å². The maximum absolute atomic E-state index is 11.2. The highest BCUT2D eigenvalue weighted by Gasteiger charge is 2.09. The number of fused-ring (bicyclic) bond motifs is 1. The first-order valence-electron chi connectivity index (χ1n) is 7.44. The van der Waals surface area contributed by atoms with Crippen LogP contribution in [-0.2, 0) is 9.53 Å². The average Bonchev–Trinajstić information content (AvgIpc) is 2.57. The molecule has 0 aliphatic heterocycles. The molecule has 2 aromatic rings. The molecule has 6 heteroatoms. The summed E-state index contributed by atoms with van der Waals surface area (Å²) in [5.74, 6) is -0.369. The van der Waals surface area contributed by atoms with Gasteiger partial charge in [-0.25, -0.2) is 0 Å². The Balaban J connectivity index is 1.84. The lowest BCUT2D eigenvalue weighted by Crippen LogP contribution is -2.40. The molecule has 0 aliphatic rings. The zero-order chi connectivity index (χ0) is 16.7. The molecule has 0 heterocycles. The normalized spacial score (nSPS) is 11.7. The van der Waals surface area contributed by atoms with Gasteiger partial charge >= 0.3 is 5.97 Å². The Morgan fingerprint density at radius 1 is 1.22 bits per heavy atom. The SMILES string of the molecule is CCOC(=O)CNC(=S)NCC(O)c1ccc2ccccc2c1.